The summed E-state index contributed by atoms with van der Waals surface area (Å²) in [7, 11) is 0. The van der Waals surface area contributed by atoms with E-state index in [4.69, 9.17) is 10.00 Å². The van der Waals surface area contributed by atoms with Gasteiger partial charge in [-0.15, -0.1) is 0 Å². The molecule has 0 radical (unpaired) electrons. The number of nitrogens with zero attached hydrogens (tertiary/aromatic N) is 1. The average Bonchev–Trinajstić information content (AvgIpc) is 2.62. The van der Waals surface area contributed by atoms with Crippen molar-refractivity contribution in [2.45, 2.75) is 6.92 Å². The minimum Gasteiger partial charge on any atom is -0.423 e. The molecule has 0 bridgehead atoms. The van der Waals surface area contributed by atoms with Gasteiger partial charge in [0.05, 0.1) is 17.2 Å². The highest BCUT2D eigenvalue weighted by Gasteiger charge is 2.09. The molecule has 3 heteroatoms. The first kappa shape index (κ1) is 15.5. The highest BCUT2D eigenvalue weighted by molar-refractivity contribution is 5.91. The second-order valence-corrected chi connectivity index (χ2v) is 5.47. The SMILES string of the molecule is Cc1ccc(-c2ccc(C(=O)Oc3cccc(C#N)c3)cc2)cc1. The predicted octanol–water partition coefficient (Wildman–Crippen LogP) is 4.75. The van der Waals surface area contributed by atoms with Gasteiger partial charge < -0.3 is 4.74 Å². The molecular formula is C21H15NO2. The number of carbonyl (C=O) groups is 1. The number of hydrogen-bond acceptors (Lipinski definition) is 3. The fourth-order valence-corrected chi connectivity index (χ4v) is 2.34. The lowest BCUT2D eigenvalue weighted by Crippen LogP contribution is -2.08. The second kappa shape index (κ2) is 6.80. The van der Waals surface area contributed by atoms with Gasteiger partial charge in [-0.2, -0.15) is 5.26 Å². The van der Waals surface area contributed by atoms with Gasteiger partial charge in [0.2, 0.25) is 0 Å². The summed E-state index contributed by atoms with van der Waals surface area (Å²) in [5, 5.41) is 8.88. The van der Waals surface area contributed by atoms with Crippen LogP contribution in [-0.2, 0) is 0 Å². The van der Waals surface area contributed by atoms with Crippen molar-refractivity contribution in [1.82, 2.24) is 0 Å². The van der Waals surface area contributed by atoms with Crippen molar-refractivity contribution in [2.24, 2.45) is 0 Å². The summed E-state index contributed by atoms with van der Waals surface area (Å²) >= 11 is 0. The lowest BCUT2D eigenvalue weighted by atomic mass is 10.0. The van der Waals surface area contributed by atoms with E-state index in [2.05, 4.69) is 24.3 Å². The summed E-state index contributed by atoms with van der Waals surface area (Å²) in [6.07, 6.45) is 0. The van der Waals surface area contributed by atoms with Crippen molar-refractivity contribution in [1.29, 1.82) is 5.26 Å². The Bertz CT molecular complexity index is 904. The molecule has 0 unspecified atom stereocenters. The third-order valence-corrected chi connectivity index (χ3v) is 3.68. The monoisotopic (exact) mass is 313 g/mol. The Kier molecular flexibility index (Phi) is 4.40. The number of carbonyl (C=O) groups excluding carboxylic acids is 1. The summed E-state index contributed by atoms with van der Waals surface area (Å²) in [6, 6.07) is 24.0. The normalized spacial score (nSPS) is 10.0. The average molecular weight is 313 g/mol. The molecule has 0 aliphatic heterocycles. The van der Waals surface area contributed by atoms with Crippen LogP contribution in [0.15, 0.2) is 72.8 Å². The van der Waals surface area contributed by atoms with Gasteiger partial charge in [-0.05, 0) is 48.4 Å². The van der Waals surface area contributed by atoms with E-state index in [9.17, 15) is 4.79 Å². The van der Waals surface area contributed by atoms with E-state index in [0.717, 1.165) is 11.1 Å². The number of hydrogen-bond donors (Lipinski definition) is 0. The number of nitriles is 1. The molecule has 0 saturated carbocycles. The molecule has 0 fully saturated rings. The quantitative estimate of drug-likeness (QED) is 0.518. The number of rotatable bonds is 3. The van der Waals surface area contributed by atoms with Crippen molar-refractivity contribution in [2.75, 3.05) is 0 Å². The number of esters is 1. The highest BCUT2D eigenvalue weighted by Crippen LogP contribution is 2.21. The van der Waals surface area contributed by atoms with Crippen LogP contribution in [0.5, 0.6) is 5.75 Å². The van der Waals surface area contributed by atoms with Gasteiger partial charge in [-0.3, -0.25) is 0 Å². The number of benzene rings is 3. The first-order valence-corrected chi connectivity index (χ1v) is 7.55. The van der Waals surface area contributed by atoms with Crippen molar-refractivity contribution >= 4 is 5.97 Å². The molecule has 0 heterocycles. The van der Waals surface area contributed by atoms with E-state index in [0.29, 0.717) is 16.9 Å². The number of aryl methyl sites for hydroxylation is 1. The first-order chi connectivity index (χ1) is 11.7. The zero-order valence-corrected chi connectivity index (χ0v) is 13.2. The van der Waals surface area contributed by atoms with E-state index in [-0.39, 0.29) is 0 Å². The van der Waals surface area contributed by atoms with Crippen LogP contribution in [0.4, 0.5) is 0 Å². The van der Waals surface area contributed by atoms with E-state index >= 15 is 0 Å². The Morgan fingerprint density at radius 1 is 0.917 bits per heavy atom. The third-order valence-electron chi connectivity index (χ3n) is 3.68. The second-order valence-electron chi connectivity index (χ2n) is 5.47. The molecule has 0 saturated heterocycles. The molecule has 3 rings (SSSR count). The Balaban J connectivity index is 1.76. The fourth-order valence-electron chi connectivity index (χ4n) is 2.34. The zero-order valence-electron chi connectivity index (χ0n) is 13.2. The van der Waals surface area contributed by atoms with Crippen LogP contribution in [0, 0.1) is 18.3 Å². The fraction of sp³-hybridized carbons (Fsp3) is 0.0476. The lowest BCUT2D eigenvalue weighted by molar-refractivity contribution is 0.0735. The molecule has 0 N–H and O–H groups in total. The van der Waals surface area contributed by atoms with Crippen molar-refractivity contribution in [3.05, 3.63) is 89.5 Å². The predicted molar refractivity (Wildman–Crippen MR) is 92.7 cm³/mol. The smallest absolute Gasteiger partial charge is 0.343 e. The van der Waals surface area contributed by atoms with Crippen LogP contribution < -0.4 is 4.74 Å². The maximum atomic E-state index is 12.2. The third kappa shape index (κ3) is 3.50. The van der Waals surface area contributed by atoms with Crippen molar-refractivity contribution < 1.29 is 9.53 Å². The molecule has 0 amide bonds. The molecule has 3 nitrogen and oxygen atoms in total. The molecular weight excluding hydrogens is 298 g/mol. The summed E-state index contributed by atoms with van der Waals surface area (Å²) in [5.74, 6) is -0.0813. The van der Waals surface area contributed by atoms with Crippen LogP contribution in [0.1, 0.15) is 21.5 Å². The van der Waals surface area contributed by atoms with Crippen molar-refractivity contribution in [3.8, 4) is 22.9 Å². The van der Waals surface area contributed by atoms with Crippen molar-refractivity contribution in [3.63, 3.8) is 0 Å². The summed E-state index contributed by atoms with van der Waals surface area (Å²) < 4.78 is 5.31. The van der Waals surface area contributed by atoms with Crippen LogP contribution >= 0.6 is 0 Å². The van der Waals surface area contributed by atoms with Gasteiger partial charge in [0.15, 0.2) is 0 Å². The molecule has 3 aromatic carbocycles. The minimum absolute atomic E-state index is 0.363. The zero-order chi connectivity index (χ0) is 16.9. The Morgan fingerprint density at radius 3 is 2.17 bits per heavy atom. The van der Waals surface area contributed by atoms with Gasteiger partial charge in [-0.25, -0.2) is 4.79 Å². The van der Waals surface area contributed by atoms with E-state index < -0.39 is 5.97 Å². The molecule has 0 aromatic heterocycles. The van der Waals surface area contributed by atoms with Crippen LogP contribution in [0.2, 0.25) is 0 Å². The molecule has 116 valence electrons. The largest absolute Gasteiger partial charge is 0.423 e. The highest BCUT2D eigenvalue weighted by atomic mass is 16.5. The summed E-state index contributed by atoms with van der Waals surface area (Å²) in [4.78, 5) is 12.2. The van der Waals surface area contributed by atoms with Gasteiger partial charge in [-0.1, -0.05) is 48.0 Å². The van der Waals surface area contributed by atoms with Gasteiger partial charge >= 0.3 is 5.97 Å². The summed E-state index contributed by atoms with van der Waals surface area (Å²) in [6.45, 7) is 2.05. The van der Waals surface area contributed by atoms with Gasteiger partial charge in [0, 0.05) is 0 Å². The van der Waals surface area contributed by atoms with E-state index in [1.165, 1.54) is 5.56 Å². The number of ether oxygens (including phenoxy) is 1. The minimum atomic E-state index is -0.444. The standard InChI is InChI=1S/C21H15NO2/c1-15-5-7-17(8-6-15)18-9-11-19(12-10-18)21(23)24-20-4-2-3-16(13-20)14-22/h2-13H,1H3. The van der Waals surface area contributed by atoms with Crippen LogP contribution in [0.25, 0.3) is 11.1 Å². The van der Waals surface area contributed by atoms with Gasteiger partial charge in [0.25, 0.3) is 0 Å². The topological polar surface area (TPSA) is 50.1 Å². The molecule has 0 aliphatic carbocycles. The molecule has 0 spiro atoms. The Morgan fingerprint density at radius 2 is 1.54 bits per heavy atom. The first-order valence-electron chi connectivity index (χ1n) is 7.55. The molecule has 3 aromatic rings. The Hall–Kier alpha value is -3.38. The van der Waals surface area contributed by atoms with Gasteiger partial charge in [0.1, 0.15) is 5.75 Å². The molecule has 24 heavy (non-hydrogen) atoms. The summed E-state index contributed by atoms with van der Waals surface area (Å²) in [5.41, 5.74) is 4.27. The van der Waals surface area contributed by atoms with Crippen LogP contribution in [-0.4, -0.2) is 5.97 Å². The maximum Gasteiger partial charge on any atom is 0.343 e. The molecule has 0 atom stereocenters. The van der Waals surface area contributed by atoms with E-state index in [1.807, 2.05) is 25.1 Å². The van der Waals surface area contributed by atoms with Crippen LogP contribution in [0.3, 0.4) is 0 Å². The molecule has 0 aliphatic rings. The lowest BCUT2D eigenvalue weighted by Gasteiger charge is -2.06. The van der Waals surface area contributed by atoms with E-state index in [1.54, 1.807) is 36.4 Å². The maximum absolute atomic E-state index is 12.2. The Labute approximate surface area is 140 Å².